The van der Waals surface area contributed by atoms with Gasteiger partial charge in [0.25, 0.3) is 0 Å². The molecule has 2 nitrogen and oxygen atoms in total. The van der Waals surface area contributed by atoms with Gasteiger partial charge in [0.1, 0.15) is 11.0 Å². The highest BCUT2D eigenvalue weighted by molar-refractivity contribution is 7.00. The van der Waals surface area contributed by atoms with E-state index in [1.54, 1.807) is 0 Å². The zero-order valence-corrected chi connectivity index (χ0v) is 32.4. The molecule has 3 heteroatoms. The minimum absolute atomic E-state index is 0.107. The Morgan fingerprint density at radius 1 is 0.377 bits per heavy atom. The van der Waals surface area contributed by atoms with Crippen LogP contribution in [0.25, 0.3) is 77.1 Å². The molecule has 0 fully saturated rings. The molecule has 4 aliphatic carbocycles. The summed E-state index contributed by atoms with van der Waals surface area (Å²) in [6, 6.07) is 37.7. The average Bonchev–Trinajstić information content (AvgIpc) is 3.79. The van der Waals surface area contributed by atoms with Gasteiger partial charge in [-0.05, 0) is 124 Å². The minimum Gasteiger partial charge on any atom is -0.172 e. The Morgan fingerprint density at radius 3 is 1.15 bits per heavy atom. The van der Waals surface area contributed by atoms with Gasteiger partial charge in [0.15, 0.2) is 0 Å². The lowest BCUT2D eigenvalue weighted by Gasteiger charge is -2.35. The van der Waals surface area contributed by atoms with Crippen molar-refractivity contribution >= 4 is 44.3 Å². The van der Waals surface area contributed by atoms with E-state index in [2.05, 4.69) is 152 Å². The first-order valence-electron chi connectivity index (χ1n) is 19.1. The molecule has 256 valence electrons. The fourth-order valence-electron chi connectivity index (χ4n) is 11.4. The third kappa shape index (κ3) is 3.35. The van der Waals surface area contributed by atoms with Crippen molar-refractivity contribution in [2.75, 3.05) is 0 Å². The lowest BCUT2D eigenvalue weighted by molar-refractivity contribution is 0.639. The molecule has 0 atom stereocenters. The van der Waals surface area contributed by atoms with Gasteiger partial charge < -0.3 is 0 Å². The number of hydrogen-bond donors (Lipinski definition) is 0. The van der Waals surface area contributed by atoms with Crippen LogP contribution in [-0.2, 0) is 21.7 Å². The summed E-state index contributed by atoms with van der Waals surface area (Å²) in [7, 11) is 0. The summed E-state index contributed by atoms with van der Waals surface area (Å²) in [4.78, 5) is 0. The summed E-state index contributed by atoms with van der Waals surface area (Å²) >= 11 is 1.33. The van der Waals surface area contributed by atoms with Crippen LogP contribution in [0.1, 0.15) is 99.9 Å². The molecule has 4 aliphatic rings. The number of hydrogen-bond acceptors (Lipinski definition) is 3. The van der Waals surface area contributed by atoms with E-state index in [4.69, 9.17) is 8.75 Å². The molecular weight excluding hydrogens is 661 g/mol. The van der Waals surface area contributed by atoms with Gasteiger partial charge in [-0.15, -0.1) is 0 Å². The Kier molecular flexibility index (Phi) is 5.24. The van der Waals surface area contributed by atoms with E-state index < -0.39 is 0 Å². The Morgan fingerprint density at radius 2 is 0.755 bits per heavy atom. The molecule has 0 radical (unpaired) electrons. The van der Waals surface area contributed by atoms with Gasteiger partial charge in [-0.3, -0.25) is 0 Å². The van der Waals surface area contributed by atoms with Gasteiger partial charge in [0.05, 0.1) is 11.7 Å². The van der Waals surface area contributed by atoms with Crippen LogP contribution >= 0.6 is 11.7 Å². The van der Waals surface area contributed by atoms with Crippen molar-refractivity contribution in [1.82, 2.24) is 8.75 Å². The third-order valence-electron chi connectivity index (χ3n) is 14.3. The lowest BCUT2D eigenvalue weighted by Crippen LogP contribution is -2.24. The van der Waals surface area contributed by atoms with Gasteiger partial charge in [-0.1, -0.05) is 128 Å². The normalized spacial score (nSPS) is 18.0. The van der Waals surface area contributed by atoms with Gasteiger partial charge in [0, 0.05) is 32.8 Å². The smallest absolute Gasteiger partial charge is 0.113 e. The van der Waals surface area contributed by atoms with Crippen LogP contribution in [0.2, 0.25) is 0 Å². The Balaban J connectivity index is 1.08. The van der Waals surface area contributed by atoms with Gasteiger partial charge in [-0.25, -0.2) is 0 Å². The molecule has 0 spiro atoms. The molecule has 0 unspecified atom stereocenters. The summed E-state index contributed by atoms with van der Waals surface area (Å²) < 4.78 is 10.1. The highest BCUT2D eigenvalue weighted by atomic mass is 32.1. The average molecular weight is 701 g/mol. The summed E-state index contributed by atoms with van der Waals surface area (Å²) in [5.41, 5.74) is 23.5. The van der Waals surface area contributed by atoms with Crippen LogP contribution in [-0.4, -0.2) is 8.75 Å². The molecule has 0 N–H and O–H groups in total. The van der Waals surface area contributed by atoms with Crippen LogP contribution in [0.3, 0.4) is 0 Å². The first-order chi connectivity index (χ1) is 25.3. The maximum absolute atomic E-state index is 5.06. The van der Waals surface area contributed by atoms with Crippen molar-refractivity contribution < 1.29 is 0 Å². The van der Waals surface area contributed by atoms with Crippen LogP contribution in [0.4, 0.5) is 0 Å². The predicted molar refractivity (Wildman–Crippen MR) is 223 cm³/mol. The summed E-state index contributed by atoms with van der Waals surface area (Å²) in [6.45, 7) is 19.3. The van der Waals surface area contributed by atoms with Crippen molar-refractivity contribution in [1.29, 1.82) is 0 Å². The lowest BCUT2D eigenvalue weighted by atomic mass is 9.68. The maximum atomic E-state index is 5.06. The molecule has 7 aromatic carbocycles. The molecule has 1 aromatic heterocycles. The molecule has 12 rings (SSSR count). The van der Waals surface area contributed by atoms with Crippen molar-refractivity contribution in [3.63, 3.8) is 0 Å². The standard InChI is InChI=1S/C50H40N2S/c1-47(2)31-13-9-11-25-15-19-33-43(39(25)31)41-35(47)21-27(23-37(41)49(33,5)6)29-17-18-30(46-45(29)51-53-52-46)28-22-36-42-38(24-28)50(7,8)34-20-16-26-12-10-14-32(48(36,3)4)40(26)44(34)42/h9-24H,1-8H3. The van der Waals surface area contributed by atoms with Crippen LogP contribution in [0, 0.1) is 0 Å². The SMILES string of the molecule is CC1(C)c2cc(-c3ccc(-c4cc5c6c(c4)C(C)(C)c4cccc7ccc(c-6c47)C5(C)C)c4nsnc34)cc3c2-c2c1ccc1cccc(c21)C3(C)C. The number of nitrogens with zero attached hydrogens (tertiary/aromatic N) is 2. The second kappa shape index (κ2) is 9.14. The zero-order chi connectivity index (χ0) is 36.1. The summed E-state index contributed by atoms with van der Waals surface area (Å²) in [6.07, 6.45) is 0. The zero-order valence-electron chi connectivity index (χ0n) is 31.5. The Hall–Kier alpha value is -5.12. The van der Waals surface area contributed by atoms with E-state index >= 15 is 0 Å². The van der Waals surface area contributed by atoms with Gasteiger partial charge in [0.2, 0.25) is 0 Å². The Labute approximate surface area is 314 Å². The molecule has 1 heterocycles. The van der Waals surface area contributed by atoms with E-state index in [1.165, 1.54) is 111 Å². The second-order valence-corrected chi connectivity index (χ2v) is 18.8. The summed E-state index contributed by atoms with van der Waals surface area (Å²) in [5, 5.41) is 5.56. The summed E-state index contributed by atoms with van der Waals surface area (Å²) in [5.74, 6) is 0. The molecule has 0 saturated heterocycles. The third-order valence-corrected chi connectivity index (χ3v) is 14.8. The quantitative estimate of drug-likeness (QED) is 0.179. The highest BCUT2D eigenvalue weighted by Crippen LogP contribution is 2.62. The van der Waals surface area contributed by atoms with Crippen molar-refractivity contribution in [2.45, 2.75) is 77.0 Å². The second-order valence-electron chi connectivity index (χ2n) is 18.3. The maximum Gasteiger partial charge on any atom is 0.113 e. The molecule has 0 bridgehead atoms. The largest absolute Gasteiger partial charge is 0.172 e. The van der Waals surface area contributed by atoms with Crippen molar-refractivity contribution in [2.24, 2.45) is 0 Å². The van der Waals surface area contributed by atoms with Crippen molar-refractivity contribution in [3.05, 3.63) is 142 Å². The Bertz CT molecular complexity index is 2850. The van der Waals surface area contributed by atoms with Gasteiger partial charge in [-0.2, -0.15) is 8.75 Å². The monoisotopic (exact) mass is 700 g/mol. The molecule has 0 amide bonds. The van der Waals surface area contributed by atoms with E-state index in [0.717, 1.165) is 22.2 Å². The number of rotatable bonds is 2. The molecular formula is C50H40N2S. The molecule has 0 aliphatic heterocycles. The minimum atomic E-state index is -0.141. The fraction of sp³-hybridized carbons (Fsp3) is 0.240. The van der Waals surface area contributed by atoms with E-state index in [1.807, 2.05) is 0 Å². The number of fused-ring (bicyclic) bond motifs is 1. The van der Waals surface area contributed by atoms with Gasteiger partial charge >= 0.3 is 0 Å². The van der Waals surface area contributed by atoms with Crippen LogP contribution in [0.15, 0.2) is 97.1 Å². The topological polar surface area (TPSA) is 25.8 Å². The number of aromatic nitrogens is 2. The fourth-order valence-corrected chi connectivity index (χ4v) is 12.0. The van der Waals surface area contributed by atoms with Crippen LogP contribution in [0.5, 0.6) is 0 Å². The van der Waals surface area contributed by atoms with E-state index in [-0.39, 0.29) is 21.7 Å². The number of benzene rings is 7. The first-order valence-corrected chi connectivity index (χ1v) is 19.8. The van der Waals surface area contributed by atoms with Crippen molar-refractivity contribution in [3.8, 4) is 44.5 Å². The van der Waals surface area contributed by atoms with Crippen LogP contribution < -0.4 is 0 Å². The molecule has 53 heavy (non-hydrogen) atoms. The predicted octanol–water partition coefficient (Wildman–Crippen LogP) is 13.2. The molecule has 8 aromatic rings. The van der Waals surface area contributed by atoms with E-state index in [0.29, 0.717) is 0 Å². The first kappa shape index (κ1) is 30.4. The van der Waals surface area contributed by atoms with E-state index in [9.17, 15) is 0 Å². The molecule has 0 saturated carbocycles. The highest BCUT2D eigenvalue weighted by Gasteiger charge is 2.47.